The molecular weight excluding hydrogens is 1060 g/mol. The Morgan fingerprint density at radius 3 is 1.39 bits per heavy atom. The van der Waals surface area contributed by atoms with Gasteiger partial charge in [0, 0.05) is 111 Å². The Labute approximate surface area is 506 Å². The Morgan fingerprint density at radius 1 is 0.357 bits per heavy atom. The highest BCUT2D eigenvalue weighted by molar-refractivity contribution is 7.61. The quantitative estimate of drug-likeness (QED) is 0.189. The summed E-state index contributed by atoms with van der Waals surface area (Å²) in [6.07, 6.45) is 26.3. The number of nitrogens with zero attached hydrogens (tertiary/aromatic N) is 4. The van der Waals surface area contributed by atoms with Gasteiger partial charge in [0.15, 0.2) is 0 Å². The molecule has 6 nitrogen and oxygen atoms in total. The molecule has 84 heavy (non-hydrogen) atoms. The van der Waals surface area contributed by atoms with Crippen molar-refractivity contribution in [2.45, 2.75) is 250 Å². The van der Waals surface area contributed by atoms with Gasteiger partial charge in [-0.05, 0) is 203 Å². The predicted octanol–water partition coefficient (Wildman–Crippen LogP) is 16.1. The van der Waals surface area contributed by atoms with Crippen molar-refractivity contribution >= 4 is 38.6 Å². The van der Waals surface area contributed by atoms with Crippen LogP contribution in [0, 0.1) is 70.0 Å². The average Bonchev–Trinajstić information content (AvgIpc) is 1.02. The molecule has 10 aliphatic carbocycles. The molecule has 6 aliphatic heterocycles. The summed E-state index contributed by atoms with van der Waals surface area (Å²) in [5.41, 5.74) is 10.6. The van der Waals surface area contributed by atoms with Crippen LogP contribution in [0.25, 0.3) is 0 Å². The molecule has 4 aromatic rings. The predicted molar refractivity (Wildman–Crippen MR) is 345 cm³/mol. The van der Waals surface area contributed by atoms with Gasteiger partial charge in [-0.15, -0.1) is 0 Å². The van der Waals surface area contributed by atoms with E-state index in [0.717, 1.165) is 47.3 Å². The SMILES string of the molecule is CC1(C)C2CCCCC2C2CC3OC4CC5CC6C7C(OC8CCCC9C8P7C7C(CC8C%10CCCCC%10C(C)(C)C8C7N9c7ccccc7)N6c6ccccc6)C5C5C4P4C6C(CCCC6N(c6ccccc6)C(C34)C21)N5c1ccccc1. The normalized spacial score (nSPS) is 51.2. The van der Waals surface area contributed by atoms with E-state index in [1.54, 1.807) is 0 Å². The summed E-state index contributed by atoms with van der Waals surface area (Å²) >= 11 is 0. The number of rotatable bonds is 4. The first kappa shape index (κ1) is 51.7. The van der Waals surface area contributed by atoms with Crippen LogP contribution in [0.1, 0.15) is 143 Å². The smallest absolute Gasteiger partial charge is 0.0717 e. The van der Waals surface area contributed by atoms with E-state index in [1.165, 1.54) is 138 Å². The number of fused-ring (bicyclic) bond motifs is 11. The van der Waals surface area contributed by atoms with Gasteiger partial charge in [-0.3, -0.25) is 0 Å². The molecule has 16 aliphatic rings. The summed E-state index contributed by atoms with van der Waals surface area (Å²) in [6.45, 7) is 11.3. The number of ether oxygens (including phenoxy) is 2. The van der Waals surface area contributed by atoms with Crippen LogP contribution in [0.4, 0.5) is 22.7 Å². The van der Waals surface area contributed by atoms with E-state index in [0.29, 0.717) is 129 Å². The van der Waals surface area contributed by atoms with E-state index < -0.39 is 0 Å². The number of anilines is 4. The molecule has 30 atom stereocenters. The van der Waals surface area contributed by atoms with Crippen LogP contribution in [-0.4, -0.2) is 107 Å². The van der Waals surface area contributed by atoms with Crippen molar-refractivity contribution in [3.05, 3.63) is 121 Å². The lowest BCUT2D eigenvalue weighted by Gasteiger charge is -2.77. The molecule has 0 amide bonds. The number of para-hydroxylation sites is 4. The van der Waals surface area contributed by atoms with E-state index in [4.69, 9.17) is 9.47 Å². The Hall–Kier alpha value is -3.14. The molecule has 16 fully saturated rings. The molecule has 442 valence electrons. The van der Waals surface area contributed by atoms with Crippen molar-refractivity contribution in [1.29, 1.82) is 0 Å². The summed E-state index contributed by atoms with van der Waals surface area (Å²) in [5.74, 6) is 7.57. The van der Waals surface area contributed by atoms with Gasteiger partial charge < -0.3 is 29.1 Å². The standard InChI is InChI=1S/C76H96N4O2P2/c1-75(2)52-33-19-17-31-48(52)50-41-58-71-66(63(50)75)80(47-29-15-8-16-30-47)56-37-22-38-59-70(56)84(71)72-57(77(58)44-23-9-5-10-24-44)39-43-40-60-73-65(62(43)68(72)82-59)78(45-25-11-6-12-26-45)54-35-21-36-55-69(54)83(73)74-61(81-60)42-51-49-32-18-20-34-53(49)76(3,4)64(51)67(74)79(55)46-27-13-7-14-28-46/h5-16,23-30,43,48-74H,17-22,31-42H2,1-4H3. The Bertz CT molecular complexity index is 3150. The average molecular weight is 1160 g/mol. The third kappa shape index (κ3) is 6.71. The first-order valence-corrected chi connectivity index (χ1v) is 38.5. The zero-order chi connectivity index (χ0) is 55.2. The van der Waals surface area contributed by atoms with E-state index in [-0.39, 0.29) is 15.8 Å². The summed E-state index contributed by atoms with van der Waals surface area (Å²) in [4.78, 5) is 13.0. The monoisotopic (exact) mass is 1160 g/mol. The van der Waals surface area contributed by atoms with Gasteiger partial charge in [-0.2, -0.15) is 0 Å². The zero-order valence-corrected chi connectivity index (χ0v) is 52.7. The molecule has 0 spiro atoms. The van der Waals surface area contributed by atoms with Crippen molar-refractivity contribution in [2.75, 3.05) is 19.6 Å². The maximum absolute atomic E-state index is 8.68. The fourth-order valence-electron chi connectivity index (χ4n) is 28.0. The molecule has 30 unspecified atom stereocenters. The fourth-order valence-corrected chi connectivity index (χ4v) is 38.2. The lowest BCUT2D eigenvalue weighted by atomic mass is 9.60. The highest BCUT2D eigenvalue weighted by Gasteiger charge is 2.78. The van der Waals surface area contributed by atoms with E-state index in [2.05, 4.69) is 169 Å². The zero-order valence-electron chi connectivity index (χ0n) is 50.9. The molecule has 8 heteroatoms. The molecule has 10 saturated carbocycles. The fraction of sp³-hybridized carbons (Fsp3) is 0.684. The van der Waals surface area contributed by atoms with Crippen LogP contribution in [-0.2, 0) is 9.47 Å². The minimum absolute atomic E-state index is 0.294. The van der Waals surface area contributed by atoms with Gasteiger partial charge >= 0.3 is 0 Å². The highest BCUT2D eigenvalue weighted by Crippen LogP contribution is 2.81. The van der Waals surface area contributed by atoms with Crippen LogP contribution >= 0.6 is 15.8 Å². The van der Waals surface area contributed by atoms with Gasteiger partial charge in [0.2, 0.25) is 0 Å². The van der Waals surface area contributed by atoms with Crippen LogP contribution in [0.3, 0.4) is 0 Å². The van der Waals surface area contributed by atoms with E-state index in [1.807, 2.05) is 0 Å². The molecule has 0 N–H and O–H groups in total. The number of hydrogen-bond donors (Lipinski definition) is 0. The van der Waals surface area contributed by atoms with Gasteiger partial charge in [0.1, 0.15) is 0 Å². The Balaban J connectivity index is 0.785. The van der Waals surface area contributed by atoms with Gasteiger partial charge in [0.05, 0.1) is 24.4 Å². The van der Waals surface area contributed by atoms with Crippen LogP contribution < -0.4 is 19.6 Å². The molecule has 6 heterocycles. The Morgan fingerprint density at radius 2 is 0.810 bits per heavy atom. The van der Waals surface area contributed by atoms with Gasteiger partial charge in [0.25, 0.3) is 0 Å². The lowest BCUT2D eigenvalue weighted by Crippen LogP contribution is -2.83. The lowest BCUT2D eigenvalue weighted by molar-refractivity contribution is -0.152. The maximum Gasteiger partial charge on any atom is 0.0717 e. The highest BCUT2D eigenvalue weighted by atomic mass is 31.1. The molecule has 0 bridgehead atoms. The van der Waals surface area contributed by atoms with Crippen LogP contribution in [0.5, 0.6) is 0 Å². The van der Waals surface area contributed by atoms with Crippen LogP contribution in [0.2, 0.25) is 0 Å². The minimum atomic E-state index is -0.385. The maximum atomic E-state index is 8.68. The minimum Gasteiger partial charge on any atom is -0.373 e. The van der Waals surface area contributed by atoms with E-state index >= 15 is 0 Å². The second kappa shape index (κ2) is 18.7. The van der Waals surface area contributed by atoms with Crippen molar-refractivity contribution in [2.24, 2.45) is 70.0 Å². The van der Waals surface area contributed by atoms with Gasteiger partial charge in [-0.1, -0.05) is 142 Å². The molecule has 20 rings (SSSR count). The van der Waals surface area contributed by atoms with Crippen molar-refractivity contribution < 1.29 is 9.47 Å². The largest absolute Gasteiger partial charge is 0.373 e. The van der Waals surface area contributed by atoms with Crippen molar-refractivity contribution in [3.63, 3.8) is 0 Å². The molecule has 4 aromatic carbocycles. The molecule has 6 saturated heterocycles. The molecule has 0 aromatic heterocycles. The first-order valence-electron chi connectivity index (χ1n) is 35.4. The van der Waals surface area contributed by atoms with Crippen molar-refractivity contribution in [3.8, 4) is 0 Å². The first-order chi connectivity index (χ1) is 41.3. The summed E-state index contributed by atoms with van der Waals surface area (Å²) < 4.78 is 17.2. The molecular formula is C76H96N4O2P2. The molecule has 0 radical (unpaired) electrons. The number of benzene rings is 4. The second-order valence-corrected chi connectivity index (χ2v) is 38.1. The summed E-state index contributed by atoms with van der Waals surface area (Å²) in [6, 6.07) is 53.4. The topological polar surface area (TPSA) is 31.4 Å². The third-order valence-corrected chi connectivity index (χ3v) is 37.7. The third-order valence-electron chi connectivity index (χ3n) is 29.6. The van der Waals surface area contributed by atoms with E-state index in [9.17, 15) is 0 Å². The Kier molecular flexibility index (Phi) is 11.5. The summed E-state index contributed by atoms with van der Waals surface area (Å²) in [5, 5.41) is 0. The van der Waals surface area contributed by atoms with Gasteiger partial charge in [-0.25, -0.2) is 0 Å². The van der Waals surface area contributed by atoms with Crippen molar-refractivity contribution in [1.82, 2.24) is 0 Å². The number of hydrogen-bond acceptors (Lipinski definition) is 6. The summed E-state index contributed by atoms with van der Waals surface area (Å²) in [7, 11) is -0.763. The van der Waals surface area contributed by atoms with Crippen LogP contribution in [0.15, 0.2) is 121 Å². The second-order valence-electron chi connectivity index (χ2n) is 32.7.